The Hall–Kier alpha value is -1.06. The molecule has 3 rings (SSSR count). The van der Waals surface area contributed by atoms with Gasteiger partial charge in [0.25, 0.3) is 0 Å². The van der Waals surface area contributed by atoms with Crippen LogP contribution in [0.2, 0.25) is 0 Å². The van der Waals surface area contributed by atoms with E-state index in [-0.39, 0.29) is 41.2 Å². The fourth-order valence-electron chi connectivity index (χ4n) is 4.14. The van der Waals surface area contributed by atoms with Gasteiger partial charge in [0.15, 0.2) is 5.96 Å². The topological polar surface area (TPSA) is 58.1 Å². The van der Waals surface area contributed by atoms with Crippen molar-refractivity contribution >= 4 is 29.9 Å². The molecule has 0 aliphatic carbocycles. The van der Waals surface area contributed by atoms with Gasteiger partial charge in [0.05, 0.1) is 12.6 Å². The van der Waals surface area contributed by atoms with Gasteiger partial charge in [-0.05, 0) is 53.8 Å². The second-order valence-corrected chi connectivity index (χ2v) is 8.73. The van der Waals surface area contributed by atoms with Crippen LogP contribution in [0.25, 0.3) is 0 Å². The molecular formula is C22H37IN4O2. The number of benzene rings is 1. The van der Waals surface area contributed by atoms with Crippen LogP contribution in [0.15, 0.2) is 29.3 Å². The van der Waals surface area contributed by atoms with Gasteiger partial charge in [-0.1, -0.05) is 18.2 Å². The lowest BCUT2D eigenvalue weighted by Crippen LogP contribution is -2.52. The summed E-state index contributed by atoms with van der Waals surface area (Å²) in [4.78, 5) is 7.32. The van der Waals surface area contributed by atoms with Crippen molar-refractivity contribution in [2.75, 3.05) is 40.4 Å². The molecule has 1 atom stereocenters. The van der Waals surface area contributed by atoms with Gasteiger partial charge in [0, 0.05) is 37.3 Å². The summed E-state index contributed by atoms with van der Waals surface area (Å²) in [7, 11) is 4.30. The number of guanidine groups is 1. The SMILES string of the molecule is CCNC(=NCC1(N(C)C)CCOCC1)NC1CC(C)(C)Oc2ccccc21.I. The number of hydrogen-bond donors (Lipinski definition) is 2. The van der Waals surface area contributed by atoms with Crippen LogP contribution in [0.1, 0.15) is 51.6 Å². The van der Waals surface area contributed by atoms with Crippen molar-refractivity contribution < 1.29 is 9.47 Å². The summed E-state index contributed by atoms with van der Waals surface area (Å²) < 4.78 is 11.8. The molecule has 1 aromatic rings. The first kappa shape index (κ1) is 24.2. The molecule has 0 radical (unpaired) electrons. The quantitative estimate of drug-likeness (QED) is 0.356. The van der Waals surface area contributed by atoms with Crippen LogP contribution in [-0.4, -0.2) is 62.4 Å². The van der Waals surface area contributed by atoms with Gasteiger partial charge in [-0.2, -0.15) is 0 Å². The van der Waals surface area contributed by atoms with Gasteiger partial charge in [-0.3, -0.25) is 4.99 Å². The van der Waals surface area contributed by atoms with E-state index in [0.29, 0.717) is 0 Å². The van der Waals surface area contributed by atoms with Gasteiger partial charge < -0.3 is 25.0 Å². The zero-order valence-corrected chi connectivity index (χ0v) is 20.8. The van der Waals surface area contributed by atoms with Gasteiger partial charge >= 0.3 is 0 Å². The van der Waals surface area contributed by atoms with Crippen molar-refractivity contribution in [2.45, 2.75) is 57.2 Å². The van der Waals surface area contributed by atoms with E-state index >= 15 is 0 Å². The highest BCUT2D eigenvalue weighted by Crippen LogP contribution is 2.39. The maximum atomic E-state index is 6.17. The molecule has 0 bridgehead atoms. The van der Waals surface area contributed by atoms with Crippen molar-refractivity contribution in [1.82, 2.24) is 15.5 Å². The molecule has 2 aliphatic rings. The van der Waals surface area contributed by atoms with E-state index in [1.165, 1.54) is 5.56 Å². The molecular weight excluding hydrogens is 479 g/mol. The maximum absolute atomic E-state index is 6.17. The third-order valence-electron chi connectivity index (χ3n) is 5.94. The van der Waals surface area contributed by atoms with Crippen molar-refractivity contribution in [2.24, 2.45) is 4.99 Å². The van der Waals surface area contributed by atoms with E-state index in [9.17, 15) is 0 Å². The van der Waals surface area contributed by atoms with Gasteiger partial charge in [0.2, 0.25) is 0 Å². The summed E-state index contributed by atoms with van der Waals surface area (Å²) in [6, 6.07) is 8.47. The first-order valence-corrected chi connectivity index (χ1v) is 10.4. The van der Waals surface area contributed by atoms with Crippen LogP contribution in [0, 0.1) is 0 Å². The molecule has 164 valence electrons. The maximum Gasteiger partial charge on any atom is 0.191 e. The molecule has 29 heavy (non-hydrogen) atoms. The lowest BCUT2D eigenvalue weighted by atomic mass is 9.89. The summed E-state index contributed by atoms with van der Waals surface area (Å²) in [5.74, 6) is 1.83. The Bertz CT molecular complexity index is 687. The van der Waals surface area contributed by atoms with E-state index in [1.54, 1.807) is 0 Å². The largest absolute Gasteiger partial charge is 0.487 e. The fraction of sp³-hybridized carbons (Fsp3) is 0.682. The molecule has 0 amide bonds. The minimum Gasteiger partial charge on any atom is -0.487 e. The van der Waals surface area contributed by atoms with Crippen molar-refractivity contribution in [3.05, 3.63) is 29.8 Å². The normalized spacial score (nSPS) is 22.8. The third kappa shape index (κ3) is 5.98. The Labute approximate surface area is 192 Å². The molecule has 1 unspecified atom stereocenters. The molecule has 7 heteroatoms. The fourth-order valence-corrected chi connectivity index (χ4v) is 4.14. The molecule has 6 nitrogen and oxygen atoms in total. The summed E-state index contributed by atoms with van der Waals surface area (Å²) in [5.41, 5.74) is 1.04. The number of fused-ring (bicyclic) bond motifs is 1. The summed E-state index contributed by atoms with van der Waals surface area (Å²) in [5, 5.41) is 7.11. The molecule has 1 saturated heterocycles. The number of halogens is 1. The Morgan fingerprint density at radius 2 is 1.90 bits per heavy atom. The molecule has 0 aromatic heterocycles. The van der Waals surface area contributed by atoms with Crippen LogP contribution >= 0.6 is 24.0 Å². The average molecular weight is 516 g/mol. The number of nitrogens with zero attached hydrogens (tertiary/aromatic N) is 2. The Kier molecular flexibility index (Phi) is 8.60. The van der Waals surface area contributed by atoms with E-state index in [0.717, 1.165) is 57.3 Å². The van der Waals surface area contributed by atoms with Crippen LogP contribution < -0.4 is 15.4 Å². The number of para-hydroxylation sites is 1. The lowest BCUT2D eigenvalue weighted by molar-refractivity contribution is -0.00257. The van der Waals surface area contributed by atoms with Gasteiger partial charge in [-0.25, -0.2) is 0 Å². The average Bonchev–Trinajstić information content (AvgIpc) is 2.66. The molecule has 1 fully saturated rings. The number of aliphatic imine (C=N–C) groups is 1. The minimum absolute atomic E-state index is 0. The van der Waals surface area contributed by atoms with Crippen molar-refractivity contribution in [1.29, 1.82) is 0 Å². The first-order chi connectivity index (χ1) is 13.4. The zero-order chi connectivity index (χ0) is 20.2. The molecule has 2 N–H and O–H groups in total. The summed E-state index contributed by atoms with van der Waals surface area (Å²) in [6.07, 6.45) is 2.91. The predicted molar refractivity (Wildman–Crippen MR) is 130 cm³/mol. The van der Waals surface area contributed by atoms with Crippen LogP contribution in [0.5, 0.6) is 5.75 Å². The second-order valence-electron chi connectivity index (χ2n) is 8.73. The number of nitrogens with one attached hydrogen (secondary N) is 2. The molecule has 2 aliphatic heterocycles. The third-order valence-corrected chi connectivity index (χ3v) is 5.94. The van der Waals surface area contributed by atoms with E-state index < -0.39 is 0 Å². The van der Waals surface area contributed by atoms with Crippen molar-refractivity contribution in [3.63, 3.8) is 0 Å². The smallest absolute Gasteiger partial charge is 0.191 e. The lowest BCUT2D eigenvalue weighted by Gasteiger charge is -2.42. The minimum atomic E-state index is -0.213. The molecule has 0 saturated carbocycles. The number of rotatable bonds is 5. The molecule has 2 heterocycles. The van der Waals surface area contributed by atoms with Crippen LogP contribution in [0.3, 0.4) is 0 Å². The van der Waals surface area contributed by atoms with Gasteiger partial charge in [-0.15, -0.1) is 24.0 Å². The standard InChI is InChI=1S/C22H36N4O2.HI/c1-6-23-20(24-16-22(26(4)5)11-13-27-14-12-22)25-18-15-21(2,3)28-19-10-8-7-9-17(18)19;/h7-10,18H,6,11-16H2,1-5H3,(H2,23,24,25);1H. The zero-order valence-electron chi connectivity index (χ0n) is 18.5. The number of likely N-dealkylation sites (N-methyl/N-ethyl adjacent to an activating group) is 1. The second kappa shape index (κ2) is 10.3. The highest BCUT2D eigenvalue weighted by molar-refractivity contribution is 14.0. The van der Waals surface area contributed by atoms with E-state index in [1.807, 2.05) is 6.07 Å². The van der Waals surface area contributed by atoms with Crippen molar-refractivity contribution in [3.8, 4) is 5.75 Å². The molecule has 1 aromatic carbocycles. The van der Waals surface area contributed by atoms with Gasteiger partial charge in [0.1, 0.15) is 11.4 Å². The summed E-state index contributed by atoms with van der Waals surface area (Å²) >= 11 is 0. The highest BCUT2D eigenvalue weighted by Gasteiger charge is 2.36. The molecule has 0 spiro atoms. The predicted octanol–water partition coefficient (Wildman–Crippen LogP) is 3.57. The Balaban J connectivity index is 0.00000300. The first-order valence-electron chi connectivity index (χ1n) is 10.4. The number of hydrogen-bond acceptors (Lipinski definition) is 4. The van der Waals surface area contributed by atoms with E-state index in [2.05, 4.69) is 68.6 Å². The van der Waals surface area contributed by atoms with E-state index in [4.69, 9.17) is 14.5 Å². The van der Waals surface area contributed by atoms with Crippen LogP contribution in [-0.2, 0) is 4.74 Å². The number of ether oxygens (including phenoxy) is 2. The Morgan fingerprint density at radius 3 is 2.55 bits per heavy atom. The highest BCUT2D eigenvalue weighted by atomic mass is 127. The summed E-state index contributed by atoms with van der Waals surface area (Å²) in [6.45, 7) is 9.59. The monoisotopic (exact) mass is 516 g/mol. The Morgan fingerprint density at radius 1 is 1.21 bits per heavy atom. The van der Waals surface area contributed by atoms with Crippen LogP contribution in [0.4, 0.5) is 0 Å².